The SMILES string of the molecule is O=C(O)c1cc(Br)c(Br)cc1C(=O)O.[H-].[K+]. The van der Waals surface area contributed by atoms with Gasteiger partial charge in [-0.3, -0.25) is 0 Å². The van der Waals surface area contributed by atoms with E-state index in [4.69, 9.17) is 10.2 Å². The first kappa shape index (κ1) is 15.8. The van der Waals surface area contributed by atoms with Crippen LogP contribution in [-0.4, -0.2) is 22.2 Å². The second kappa shape index (κ2) is 6.48. The van der Waals surface area contributed by atoms with Crippen molar-refractivity contribution in [2.24, 2.45) is 0 Å². The molecular weight excluding hydrogens is 359 g/mol. The van der Waals surface area contributed by atoms with Crippen LogP contribution >= 0.6 is 31.9 Å². The number of halogens is 2. The molecule has 0 amide bonds. The summed E-state index contributed by atoms with van der Waals surface area (Å²) >= 11 is 6.19. The summed E-state index contributed by atoms with van der Waals surface area (Å²) in [5.41, 5.74) is -0.486. The Balaban J connectivity index is 0. The van der Waals surface area contributed by atoms with Gasteiger partial charge in [0.15, 0.2) is 0 Å². The summed E-state index contributed by atoms with van der Waals surface area (Å²) in [6.07, 6.45) is 0. The van der Waals surface area contributed by atoms with Crippen LogP contribution in [0.4, 0.5) is 0 Å². The van der Waals surface area contributed by atoms with Crippen LogP contribution in [0.5, 0.6) is 0 Å². The van der Waals surface area contributed by atoms with E-state index in [2.05, 4.69) is 31.9 Å². The number of carboxylic acid groups (broad SMARTS) is 2. The van der Waals surface area contributed by atoms with Crippen molar-refractivity contribution < 1.29 is 72.6 Å². The molecule has 0 saturated carbocycles. The maximum atomic E-state index is 10.7. The van der Waals surface area contributed by atoms with Crippen LogP contribution in [0, 0.1) is 0 Å². The standard InChI is InChI=1S/C8H4Br2O4.K.H/c9-5-1-3(7(11)12)4(8(13)14)2-6(5)10;;/h1-2H,(H,11,12)(H,13,14);;/q;+1;-1. The summed E-state index contributed by atoms with van der Waals surface area (Å²) in [6, 6.07) is 2.49. The van der Waals surface area contributed by atoms with Gasteiger partial charge in [-0.1, -0.05) is 0 Å². The molecule has 0 aromatic heterocycles. The monoisotopic (exact) mass is 362 g/mol. The number of carboxylic acids is 2. The largest absolute Gasteiger partial charge is 1.00 e. The molecule has 2 N–H and O–H groups in total. The van der Waals surface area contributed by atoms with E-state index in [1.807, 2.05) is 0 Å². The summed E-state index contributed by atoms with van der Waals surface area (Å²) in [5, 5.41) is 17.5. The van der Waals surface area contributed by atoms with Gasteiger partial charge in [-0.05, 0) is 44.0 Å². The summed E-state index contributed by atoms with van der Waals surface area (Å²) in [5.74, 6) is -2.54. The van der Waals surface area contributed by atoms with Crippen LogP contribution in [0.3, 0.4) is 0 Å². The molecule has 0 spiro atoms. The van der Waals surface area contributed by atoms with Gasteiger partial charge in [0, 0.05) is 8.95 Å². The second-order valence-corrected chi connectivity index (χ2v) is 4.13. The van der Waals surface area contributed by atoms with Crippen molar-refractivity contribution in [1.82, 2.24) is 0 Å². The van der Waals surface area contributed by atoms with E-state index in [0.29, 0.717) is 8.95 Å². The topological polar surface area (TPSA) is 74.6 Å². The van der Waals surface area contributed by atoms with Crippen molar-refractivity contribution >= 4 is 43.8 Å². The van der Waals surface area contributed by atoms with Crippen LogP contribution in [0.2, 0.25) is 0 Å². The molecule has 0 aliphatic carbocycles. The molecule has 0 saturated heterocycles. The molecular formula is C8H5Br2KO4. The van der Waals surface area contributed by atoms with Crippen molar-refractivity contribution in [3.63, 3.8) is 0 Å². The van der Waals surface area contributed by atoms with E-state index in [0.717, 1.165) is 0 Å². The minimum absolute atomic E-state index is 0. The summed E-state index contributed by atoms with van der Waals surface area (Å²) in [4.78, 5) is 21.4. The van der Waals surface area contributed by atoms with E-state index in [-0.39, 0.29) is 63.9 Å². The van der Waals surface area contributed by atoms with Crippen molar-refractivity contribution in [1.29, 1.82) is 0 Å². The average Bonchev–Trinajstić information content (AvgIpc) is 2.08. The van der Waals surface area contributed by atoms with Gasteiger partial charge in [-0.25, -0.2) is 9.59 Å². The quantitative estimate of drug-likeness (QED) is 0.709. The Kier molecular flexibility index (Phi) is 6.81. The minimum Gasteiger partial charge on any atom is -1.00 e. The number of carbonyl (C=O) groups is 2. The van der Waals surface area contributed by atoms with Gasteiger partial charge in [0.05, 0.1) is 11.1 Å². The van der Waals surface area contributed by atoms with Crippen molar-refractivity contribution in [3.8, 4) is 0 Å². The van der Waals surface area contributed by atoms with Gasteiger partial charge in [0.1, 0.15) is 0 Å². The molecule has 1 aromatic rings. The third-order valence-electron chi connectivity index (χ3n) is 1.52. The van der Waals surface area contributed by atoms with Crippen molar-refractivity contribution in [2.45, 2.75) is 0 Å². The van der Waals surface area contributed by atoms with Crippen LogP contribution in [0.15, 0.2) is 21.1 Å². The van der Waals surface area contributed by atoms with Gasteiger partial charge >= 0.3 is 63.3 Å². The van der Waals surface area contributed by atoms with Gasteiger partial charge in [0.2, 0.25) is 0 Å². The molecule has 1 rings (SSSR count). The Morgan fingerprint density at radius 2 is 1.27 bits per heavy atom. The Bertz CT molecular complexity index is 386. The summed E-state index contributed by atoms with van der Waals surface area (Å²) in [6.45, 7) is 0. The smallest absolute Gasteiger partial charge is 1.00 e. The number of hydrogen-bond donors (Lipinski definition) is 2. The molecule has 15 heavy (non-hydrogen) atoms. The van der Waals surface area contributed by atoms with Gasteiger partial charge in [0.25, 0.3) is 0 Å². The third kappa shape index (κ3) is 3.92. The number of rotatable bonds is 2. The predicted molar refractivity (Wildman–Crippen MR) is 56.9 cm³/mol. The average molecular weight is 364 g/mol. The zero-order valence-corrected chi connectivity index (χ0v) is 13.9. The molecule has 0 unspecified atom stereocenters. The number of aromatic carboxylic acids is 2. The van der Waals surface area contributed by atoms with Gasteiger partial charge in [-0.15, -0.1) is 0 Å². The van der Waals surface area contributed by atoms with E-state index >= 15 is 0 Å². The Morgan fingerprint density at radius 3 is 1.47 bits per heavy atom. The molecule has 0 fully saturated rings. The van der Waals surface area contributed by atoms with Crippen LogP contribution < -0.4 is 51.4 Å². The van der Waals surface area contributed by atoms with Gasteiger partial charge in [-0.2, -0.15) is 0 Å². The fourth-order valence-electron chi connectivity index (χ4n) is 0.901. The third-order valence-corrected chi connectivity index (χ3v) is 3.37. The summed E-state index contributed by atoms with van der Waals surface area (Å²) < 4.78 is 1.000. The van der Waals surface area contributed by atoms with E-state index in [9.17, 15) is 9.59 Å². The number of hydrogen-bond acceptors (Lipinski definition) is 2. The first-order valence-corrected chi connectivity index (χ1v) is 4.97. The first-order chi connectivity index (χ1) is 6.43. The zero-order chi connectivity index (χ0) is 10.9. The molecule has 0 aliphatic rings. The van der Waals surface area contributed by atoms with Crippen molar-refractivity contribution in [3.05, 3.63) is 32.2 Å². The maximum Gasteiger partial charge on any atom is 1.00 e. The molecule has 0 heterocycles. The molecule has 0 radical (unpaired) electrons. The molecule has 0 atom stereocenters. The molecule has 0 bridgehead atoms. The Morgan fingerprint density at radius 1 is 1.00 bits per heavy atom. The summed E-state index contributed by atoms with van der Waals surface area (Å²) in [7, 11) is 0. The van der Waals surface area contributed by atoms with E-state index in [1.165, 1.54) is 12.1 Å². The first-order valence-electron chi connectivity index (χ1n) is 3.39. The fourth-order valence-corrected chi connectivity index (χ4v) is 1.59. The molecule has 1 aromatic carbocycles. The van der Waals surface area contributed by atoms with Gasteiger partial charge < -0.3 is 11.6 Å². The molecule has 7 heteroatoms. The zero-order valence-electron chi connectivity index (χ0n) is 8.62. The normalized spacial score (nSPS) is 9.20. The molecule has 0 aliphatic heterocycles. The fraction of sp³-hybridized carbons (Fsp3) is 0. The van der Waals surface area contributed by atoms with Crippen molar-refractivity contribution in [2.75, 3.05) is 0 Å². The number of benzene rings is 1. The minimum atomic E-state index is -1.27. The van der Waals surface area contributed by atoms with Crippen LogP contribution in [0.1, 0.15) is 22.1 Å². The molecule has 76 valence electrons. The second-order valence-electron chi connectivity index (χ2n) is 2.42. The Hall–Kier alpha value is 0.756. The van der Waals surface area contributed by atoms with Crippen LogP contribution in [-0.2, 0) is 0 Å². The van der Waals surface area contributed by atoms with Crippen LogP contribution in [0.25, 0.3) is 0 Å². The Labute approximate surface area is 146 Å². The predicted octanol–water partition coefficient (Wildman–Crippen LogP) is -0.275. The maximum absolute atomic E-state index is 10.7. The van der Waals surface area contributed by atoms with E-state index < -0.39 is 11.9 Å². The molecule has 4 nitrogen and oxygen atoms in total. The van der Waals surface area contributed by atoms with E-state index in [1.54, 1.807) is 0 Å².